The highest BCUT2D eigenvalue weighted by molar-refractivity contribution is 9.10. The maximum absolute atomic E-state index is 12.5. The van der Waals surface area contributed by atoms with Gasteiger partial charge in [0.25, 0.3) is 5.91 Å². The molecule has 1 aromatic heterocycles. The van der Waals surface area contributed by atoms with E-state index in [-0.39, 0.29) is 11.9 Å². The molecule has 0 saturated heterocycles. The molecule has 1 heterocycles. The molecule has 1 atom stereocenters. The summed E-state index contributed by atoms with van der Waals surface area (Å²) >= 11 is 3.41. The van der Waals surface area contributed by atoms with Crippen molar-refractivity contribution in [2.45, 2.75) is 19.9 Å². The Balaban J connectivity index is 1.84. The predicted molar refractivity (Wildman–Crippen MR) is 91.0 cm³/mol. The Morgan fingerprint density at radius 3 is 2.50 bits per heavy atom. The van der Waals surface area contributed by atoms with Crippen molar-refractivity contribution in [3.05, 3.63) is 69.9 Å². The molecular formula is C18H16BrNO2. The van der Waals surface area contributed by atoms with E-state index in [0.717, 1.165) is 26.6 Å². The molecule has 0 radical (unpaired) electrons. The predicted octanol–water partition coefficient (Wildman–Crippen LogP) is 4.99. The fraction of sp³-hybridized carbons (Fsp3) is 0.167. The summed E-state index contributed by atoms with van der Waals surface area (Å²) in [6, 6.07) is 15.5. The molecule has 2 aromatic carbocycles. The zero-order chi connectivity index (χ0) is 15.7. The van der Waals surface area contributed by atoms with Crippen LogP contribution in [0.5, 0.6) is 0 Å². The van der Waals surface area contributed by atoms with Crippen LogP contribution in [0.15, 0.2) is 57.4 Å². The molecule has 3 nitrogen and oxygen atoms in total. The molecule has 1 N–H and O–H groups in total. The number of halogens is 1. The van der Waals surface area contributed by atoms with Crippen LogP contribution < -0.4 is 5.32 Å². The maximum Gasteiger partial charge on any atom is 0.287 e. The number of hydrogen-bond acceptors (Lipinski definition) is 2. The van der Waals surface area contributed by atoms with E-state index in [1.54, 1.807) is 0 Å². The van der Waals surface area contributed by atoms with Gasteiger partial charge < -0.3 is 9.73 Å². The van der Waals surface area contributed by atoms with Crippen molar-refractivity contribution in [3.8, 4) is 0 Å². The second-order valence-electron chi connectivity index (χ2n) is 5.30. The molecule has 22 heavy (non-hydrogen) atoms. The molecule has 0 aliphatic carbocycles. The highest BCUT2D eigenvalue weighted by atomic mass is 79.9. The van der Waals surface area contributed by atoms with Gasteiger partial charge in [-0.3, -0.25) is 4.79 Å². The molecule has 4 heteroatoms. The first-order chi connectivity index (χ1) is 10.6. The lowest BCUT2D eigenvalue weighted by molar-refractivity contribution is 0.0913. The maximum atomic E-state index is 12.5. The number of carbonyl (C=O) groups excluding carboxylic acids is 1. The molecule has 0 aliphatic heterocycles. The van der Waals surface area contributed by atoms with Crippen molar-refractivity contribution in [3.63, 3.8) is 0 Å². The fourth-order valence-corrected chi connectivity index (χ4v) is 2.75. The van der Waals surface area contributed by atoms with Crippen LogP contribution in [0.1, 0.15) is 34.6 Å². The van der Waals surface area contributed by atoms with E-state index < -0.39 is 0 Å². The number of hydrogen-bond donors (Lipinski definition) is 1. The Hall–Kier alpha value is -2.07. The average molecular weight is 358 g/mol. The molecular weight excluding hydrogens is 342 g/mol. The van der Waals surface area contributed by atoms with Crippen LogP contribution in [0.2, 0.25) is 0 Å². The second-order valence-corrected chi connectivity index (χ2v) is 6.21. The highest BCUT2D eigenvalue weighted by Crippen LogP contribution is 2.25. The zero-order valence-corrected chi connectivity index (χ0v) is 14.0. The Morgan fingerprint density at radius 2 is 1.82 bits per heavy atom. The van der Waals surface area contributed by atoms with Crippen molar-refractivity contribution in [1.82, 2.24) is 5.32 Å². The van der Waals surface area contributed by atoms with Gasteiger partial charge in [-0.1, -0.05) is 46.3 Å². The van der Waals surface area contributed by atoms with Gasteiger partial charge in [-0.2, -0.15) is 0 Å². The molecule has 3 aromatic rings. The van der Waals surface area contributed by atoms with Crippen molar-refractivity contribution in [1.29, 1.82) is 0 Å². The minimum atomic E-state index is -0.191. The van der Waals surface area contributed by atoms with E-state index >= 15 is 0 Å². The third kappa shape index (κ3) is 2.79. The molecule has 112 valence electrons. The van der Waals surface area contributed by atoms with Gasteiger partial charge in [0.15, 0.2) is 5.76 Å². The van der Waals surface area contributed by atoms with Crippen LogP contribution in [0.4, 0.5) is 0 Å². The number of amides is 1. The standard InChI is InChI=1S/C18H16BrNO2/c1-11-15-5-3-4-6-16(15)22-17(11)18(21)20-12(2)13-7-9-14(19)10-8-13/h3-10,12H,1-2H3,(H,20,21)/t12-/m1/s1. The van der Waals surface area contributed by atoms with Crippen LogP contribution in [0.25, 0.3) is 11.0 Å². The molecule has 0 fully saturated rings. The van der Waals surface area contributed by atoms with Gasteiger partial charge in [0.05, 0.1) is 6.04 Å². The van der Waals surface area contributed by atoms with Gasteiger partial charge in [-0.25, -0.2) is 0 Å². The highest BCUT2D eigenvalue weighted by Gasteiger charge is 2.19. The third-order valence-corrected chi connectivity index (χ3v) is 4.30. The summed E-state index contributed by atoms with van der Waals surface area (Å²) in [4.78, 5) is 12.5. The lowest BCUT2D eigenvalue weighted by Gasteiger charge is -2.13. The summed E-state index contributed by atoms with van der Waals surface area (Å²) in [5.74, 6) is 0.189. The van der Waals surface area contributed by atoms with E-state index in [0.29, 0.717) is 5.76 Å². The lowest BCUT2D eigenvalue weighted by atomic mass is 10.1. The van der Waals surface area contributed by atoms with Crippen LogP contribution in [-0.2, 0) is 0 Å². The van der Waals surface area contributed by atoms with E-state index in [1.807, 2.05) is 62.4 Å². The minimum Gasteiger partial charge on any atom is -0.451 e. The summed E-state index contributed by atoms with van der Waals surface area (Å²) in [5.41, 5.74) is 2.66. The van der Waals surface area contributed by atoms with Gasteiger partial charge in [-0.05, 0) is 37.6 Å². The van der Waals surface area contributed by atoms with Crippen molar-refractivity contribution in [2.75, 3.05) is 0 Å². The monoisotopic (exact) mass is 357 g/mol. The lowest BCUT2D eigenvalue weighted by Crippen LogP contribution is -2.26. The number of fused-ring (bicyclic) bond motifs is 1. The molecule has 0 bridgehead atoms. The van der Waals surface area contributed by atoms with Gasteiger partial charge in [0, 0.05) is 15.4 Å². The van der Waals surface area contributed by atoms with E-state index in [4.69, 9.17) is 4.42 Å². The van der Waals surface area contributed by atoms with Crippen molar-refractivity contribution in [2.24, 2.45) is 0 Å². The van der Waals surface area contributed by atoms with Crippen LogP contribution >= 0.6 is 15.9 Å². The summed E-state index contributed by atoms with van der Waals surface area (Å²) in [6.45, 7) is 3.87. The van der Waals surface area contributed by atoms with E-state index in [2.05, 4.69) is 21.2 Å². The van der Waals surface area contributed by atoms with E-state index in [9.17, 15) is 4.79 Å². The van der Waals surface area contributed by atoms with Crippen LogP contribution in [-0.4, -0.2) is 5.91 Å². The number of carbonyl (C=O) groups is 1. The number of rotatable bonds is 3. The molecule has 0 unspecified atom stereocenters. The molecule has 0 aliphatic rings. The number of furan rings is 1. The number of para-hydroxylation sites is 1. The number of benzene rings is 2. The normalized spacial score (nSPS) is 12.3. The first-order valence-electron chi connectivity index (χ1n) is 7.10. The van der Waals surface area contributed by atoms with Gasteiger partial charge in [0.1, 0.15) is 5.58 Å². The average Bonchev–Trinajstić information content (AvgIpc) is 2.85. The Bertz CT molecular complexity index is 821. The third-order valence-electron chi connectivity index (χ3n) is 3.77. The first-order valence-corrected chi connectivity index (χ1v) is 7.90. The van der Waals surface area contributed by atoms with E-state index in [1.165, 1.54) is 0 Å². The van der Waals surface area contributed by atoms with Crippen LogP contribution in [0, 0.1) is 6.92 Å². The summed E-state index contributed by atoms with van der Waals surface area (Å²) in [5, 5.41) is 3.96. The Kier molecular flexibility index (Phi) is 4.03. The molecule has 1 amide bonds. The smallest absolute Gasteiger partial charge is 0.287 e. The minimum absolute atomic E-state index is 0.0896. The summed E-state index contributed by atoms with van der Waals surface area (Å²) in [7, 11) is 0. The van der Waals surface area contributed by atoms with Gasteiger partial charge in [-0.15, -0.1) is 0 Å². The van der Waals surface area contributed by atoms with Gasteiger partial charge in [0.2, 0.25) is 0 Å². The molecule has 0 spiro atoms. The fourth-order valence-electron chi connectivity index (χ4n) is 2.49. The quantitative estimate of drug-likeness (QED) is 0.716. The number of aryl methyl sites for hydroxylation is 1. The van der Waals surface area contributed by atoms with Gasteiger partial charge >= 0.3 is 0 Å². The zero-order valence-electron chi connectivity index (χ0n) is 12.4. The topological polar surface area (TPSA) is 42.2 Å². The van der Waals surface area contributed by atoms with Crippen molar-refractivity contribution < 1.29 is 9.21 Å². The molecule has 3 rings (SSSR count). The Morgan fingerprint density at radius 1 is 1.14 bits per heavy atom. The number of nitrogens with one attached hydrogen (secondary N) is 1. The molecule has 0 saturated carbocycles. The van der Waals surface area contributed by atoms with Crippen LogP contribution in [0.3, 0.4) is 0 Å². The largest absolute Gasteiger partial charge is 0.451 e. The summed E-state index contributed by atoms with van der Waals surface area (Å²) < 4.78 is 6.71. The van der Waals surface area contributed by atoms with Crippen molar-refractivity contribution >= 4 is 32.8 Å². The second kappa shape index (κ2) is 5.97. The Labute approximate surface area is 137 Å². The first kappa shape index (κ1) is 14.9. The SMILES string of the molecule is Cc1c(C(=O)N[C@H](C)c2ccc(Br)cc2)oc2ccccc12. The summed E-state index contributed by atoms with van der Waals surface area (Å²) in [6.07, 6.45) is 0.